The zero-order valence-electron chi connectivity index (χ0n) is 9.97. The number of hydrogen-bond acceptors (Lipinski definition) is 2. The van der Waals surface area contributed by atoms with Crippen molar-refractivity contribution >= 4 is 0 Å². The Labute approximate surface area is 98.3 Å². The zero-order chi connectivity index (χ0) is 12.6. The molecule has 0 atom stereocenters. The second kappa shape index (κ2) is 4.13. The molecule has 1 N–H and O–H groups in total. The van der Waals surface area contributed by atoms with Gasteiger partial charge >= 0.3 is 0 Å². The Morgan fingerprint density at radius 1 is 1.24 bits per heavy atom. The maximum atomic E-state index is 13.4. The molecule has 1 aromatic carbocycles. The Bertz CT molecular complexity index is 632. The van der Waals surface area contributed by atoms with Gasteiger partial charge < -0.3 is 4.98 Å². The highest BCUT2D eigenvalue weighted by atomic mass is 19.1. The maximum absolute atomic E-state index is 13.4. The Kier molecular flexibility index (Phi) is 2.79. The molecule has 0 aliphatic heterocycles. The van der Waals surface area contributed by atoms with Gasteiger partial charge in [0, 0.05) is 16.8 Å². The van der Waals surface area contributed by atoms with Crippen LogP contribution in [0.15, 0.2) is 23.0 Å². The second-order valence-corrected chi connectivity index (χ2v) is 4.09. The highest BCUT2D eigenvalue weighted by Gasteiger charge is 2.07. The fraction of sp³-hybridized carbons (Fsp3) is 0.231. The molecule has 1 aromatic heterocycles. The van der Waals surface area contributed by atoms with Crippen molar-refractivity contribution in [2.24, 2.45) is 0 Å². The minimum Gasteiger partial charge on any atom is -0.306 e. The smallest absolute Gasteiger partial charge is 0.254 e. The molecule has 0 radical (unpaired) electrons. The van der Waals surface area contributed by atoms with Crippen molar-refractivity contribution < 1.29 is 4.39 Å². The maximum Gasteiger partial charge on any atom is 0.254 e. The molecular weight excluding hydrogens is 219 g/mol. The normalized spacial score (nSPS) is 10.6. The summed E-state index contributed by atoms with van der Waals surface area (Å²) < 4.78 is 13.4. The average molecular weight is 232 g/mol. The lowest BCUT2D eigenvalue weighted by atomic mass is 10.1. The molecule has 88 valence electrons. The number of nitrogens with zero attached hydrogens (tertiary/aromatic N) is 1. The van der Waals surface area contributed by atoms with Crippen molar-refractivity contribution in [1.82, 2.24) is 9.97 Å². The standard InChI is InChI=1S/C13H13FN2O/c1-7-4-5-10(6-11(7)14)12-15-9(3)8(2)13(17)16-12/h4-6H,1-3H3,(H,15,16,17). The Balaban J connectivity index is 2.61. The van der Waals surface area contributed by atoms with Crippen LogP contribution in [0.3, 0.4) is 0 Å². The summed E-state index contributed by atoms with van der Waals surface area (Å²) in [5, 5.41) is 0. The molecule has 0 saturated carbocycles. The molecule has 0 aliphatic rings. The van der Waals surface area contributed by atoms with Gasteiger partial charge in [0.1, 0.15) is 11.6 Å². The Morgan fingerprint density at radius 3 is 2.53 bits per heavy atom. The molecule has 3 nitrogen and oxygen atoms in total. The first-order valence-corrected chi connectivity index (χ1v) is 5.33. The third-order valence-corrected chi connectivity index (χ3v) is 2.84. The second-order valence-electron chi connectivity index (χ2n) is 4.09. The quantitative estimate of drug-likeness (QED) is 0.821. The van der Waals surface area contributed by atoms with Crippen LogP contribution < -0.4 is 5.56 Å². The van der Waals surface area contributed by atoms with Crippen LogP contribution in [-0.2, 0) is 0 Å². The largest absolute Gasteiger partial charge is 0.306 e. The number of aromatic nitrogens is 2. The van der Waals surface area contributed by atoms with Crippen LogP contribution in [0.5, 0.6) is 0 Å². The molecule has 0 spiro atoms. The van der Waals surface area contributed by atoms with E-state index in [1.165, 1.54) is 6.07 Å². The van der Waals surface area contributed by atoms with Crippen LogP contribution in [0.1, 0.15) is 16.8 Å². The molecule has 4 heteroatoms. The predicted molar refractivity (Wildman–Crippen MR) is 64.5 cm³/mol. The van der Waals surface area contributed by atoms with Gasteiger partial charge in [-0.2, -0.15) is 0 Å². The van der Waals surface area contributed by atoms with E-state index in [9.17, 15) is 9.18 Å². The fourth-order valence-corrected chi connectivity index (χ4v) is 1.52. The topological polar surface area (TPSA) is 45.8 Å². The molecule has 2 aromatic rings. The minimum atomic E-state index is -0.302. The minimum absolute atomic E-state index is 0.187. The predicted octanol–water partition coefficient (Wildman–Crippen LogP) is 2.50. The number of hydrogen-bond donors (Lipinski definition) is 1. The molecule has 1 heterocycles. The lowest BCUT2D eigenvalue weighted by molar-refractivity contribution is 0.619. The summed E-state index contributed by atoms with van der Waals surface area (Å²) >= 11 is 0. The van der Waals surface area contributed by atoms with Crippen molar-refractivity contribution in [1.29, 1.82) is 0 Å². The molecule has 17 heavy (non-hydrogen) atoms. The van der Waals surface area contributed by atoms with Gasteiger partial charge in [-0.3, -0.25) is 4.79 Å². The number of halogens is 1. The van der Waals surface area contributed by atoms with Gasteiger partial charge in [-0.25, -0.2) is 9.37 Å². The van der Waals surface area contributed by atoms with E-state index < -0.39 is 0 Å². The number of nitrogens with one attached hydrogen (secondary N) is 1. The summed E-state index contributed by atoms with van der Waals surface area (Å²) in [5.41, 5.74) is 2.20. The van der Waals surface area contributed by atoms with Crippen molar-refractivity contribution in [2.45, 2.75) is 20.8 Å². The molecule has 0 unspecified atom stereocenters. The molecule has 0 fully saturated rings. The van der Waals surface area contributed by atoms with Gasteiger partial charge in [-0.15, -0.1) is 0 Å². The van der Waals surface area contributed by atoms with Crippen LogP contribution in [0.25, 0.3) is 11.4 Å². The van der Waals surface area contributed by atoms with Gasteiger partial charge in [0.25, 0.3) is 5.56 Å². The van der Waals surface area contributed by atoms with Gasteiger partial charge in [0.15, 0.2) is 0 Å². The van der Waals surface area contributed by atoms with Crippen molar-refractivity contribution in [3.05, 3.63) is 51.2 Å². The van der Waals surface area contributed by atoms with Crippen LogP contribution in [0.4, 0.5) is 4.39 Å². The number of rotatable bonds is 1. The number of aromatic amines is 1. The summed E-state index contributed by atoms with van der Waals surface area (Å²) in [6.07, 6.45) is 0. The zero-order valence-corrected chi connectivity index (χ0v) is 9.97. The van der Waals surface area contributed by atoms with E-state index in [4.69, 9.17) is 0 Å². The SMILES string of the molecule is Cc1ccc(-c2nc(C)c(C)c(=O)[nH]2)cc1F. The number of aryl methyl sites for hydroxylation is 2. The summed E-state index contributed by atoms with van der Waals surface area (Å²) in [5.74, 6) is 0.0976. The van der Waals surface area contributed by atoms with Crippen molar-refractivity contribution in [3.63, 3.8) is 0 Å². The van der Waals surface area contributed by atoms with Crippen molar-refractivity contribution in [2.75, 3.05) is 0 Å². The summed E-state index contributed by atoms with van der Waals surface area (Å²) in [6.45, 7) is 5.16. The van der Waals surface area contributed by atoms with Crippen LogP contribution in [0, 0.1) is 26.6 Å². The Morgan fingerprint density at radius 2 is 1.94 bits per heavy atom. The van der Waals surface area contributed by atoms with E-state index in [2.05, 4.69) is 9.97 Å². The van der Waals surface area contributed by atoms with Gasteiger partial charge in [0.2, 0.25) is 0 Å². The monoisotopic (exact) mass is 232 g/mol. The highest BCUT2D eigenvalue weighted by Crippen LogP contribution is 2.17. The van der Waals surface area contributed by atoms with Crippen LogP contribution >= 0.6 is 0 Å². The van der Waals surface area contributed by atoms with Crippen LogP contribution in [-0.4, -0.2) is 9.97 Å². The van der Waals surface area contributed by atoms with Crippen LogP contribution in [0.2, 0.25) is 0 Å². The van der Waals surface area contributed by atoms with Gasteiger partial charge in [-0.1, -0.05) is 12.1 Å². The van der Waals surface area contributed by atoms with E-state index in [1.807, 2.05) is 0 Å². The Hall–Kier alpha value is -1.97. The molecule has 0 aliphatic carbocycles. The molecule has 2 rings (SSSR count). The van der Waals surface area contributed by atoms with Gasteiger partial charge in [-0.05, 0) is 32.4 Å². The third-order valence-electron chi connectivity index (χ3n) is 2.84. The molecule has 0 amide bonds. The lowest BCUT2D eigenvalue weighted by Gasteiger charge is -2.05. The number of benzene rings is 1. The third kappa shape index (κ3) is 2.11. The lowest BCUT2D eigenvalue weighted by Crippen LogP contribution is -2.14. The molecule has 0 bridgehead atoms. The van der Waals surface area contributed by atoms with E-state index in [-0.39, 0.29) is 11.4 Å². The first-order chi connectivity index (χ1) is 7.99. The highest BCUT2D eigenvalue weighted by molar-refractivity contribution is 5.55. The van der Waals surface area contributed by atoms with Gasteiger partial charge in [0.05, 0.1) is 0 Å². The van der Waals surface area contributed by atoms with E-state index in [1.54, 1.807) is 32.9 Å². The summed E-state index contributed by atoms with van der Waals surface area (Å²) in [4.78, 5) is 18.5. The first-order valence-electron chi connectivity index (χ1n) is 5.33. The number of H-pyrrole nitrogens is 1. The summed E-state index contributed by atoms with van der Waals surface area (Å²) in [7, 11) is 0. The summed E-state index contributed by atoms with van der Waals surface area (Å²) in [6, 6.07) is 4.79. The van der Waals surface area contributed by atoms with E-state index in [0.29, 0.717) is 28.2 Å². The molecule has 0 saturated heterocycles. The van der Waals surface area contributed by atoms with E-state index >= 15 is 0 Å². The fourth-order valence-electron chi connectivity index (χ4n) is 1.52. The first kappa shape index (κ1) is 11.5. The van der Waals surface area contributed by atoms with Crippen molar-refractivity contribution in [3.8, 4) is 11.4 Å². The molecular formula is C13H13FN2O. The average Bonchev–Trinajstić information content (AvgIpc) is 2.29. The van der Waals surface area contributed by atoms with E-state index in [0.717, 1.165) is 0 Å².